The molecule has 146 valence electrons. The number of aryl methyl sites for hydroxylation is 1. The molecule has 0 spiro atoms. The Morgan fingerprint density at radius 1 is 1.27 bits per heavy atom. The number of piperidine rings is 1. The summed E-state index contributed by atoms with van der Waals surface area (Å²) in [5, 5.41) is 6.06. The van der Waals surface area contributed by atoms with E-state index in [1.54, 1.807) is 14.1 Å². The van der Waals surface area contributed by atoms with E-state index in [4.69, 9.17) is 4.74 Å². The summed E-state index contributed by atoms with van der Waals surface area (Å²) in [6.07, 6.45) is 2.67. The number of ether oxygens (including phenoxy) is 1. The van der Waals surface area contributed by atoms with Crippen molar-refractivity contribution < 1.29 is 9.53 Å². The highest BCUT2D eigenvalue weighted by Crippen LogP contribution is 2.20. The molecular formula is C19H31IN4O2. The third kappa shape index (κ3) is 7.39. The van der Waals surface area contributed by atoms with E-state index in [1.807, 2.05) is 24.3 Å². The molecule has 6 nitrogen and oxygen atoms in total. The molecule has 0 radical (unpaired) electrons. The minimum Gasteiger partial charge on any atom is -0.492 e. The molecule has 0 saturated carbocycles. The van der Waals surface area contributed by atoms with Gasteiger partial charge in [0.05, 0.1) is 6.54 Å². The van der Waals surface area contributed by atoms with Gasteiger partial charge >= 0.3 is 0 Å². The standard InChI is InChI=1S/C19H30N4O2.HI/c1-15-4-6-17(7-5-15)25-13-10-22-19(21-3)23-11-8-16(9-12-23)14-18(24)20-2;/h4-7,16H,8-14H2,1-3H3,(H,20,24)(H,21,22);1H. The lowest BCUT2D eigenvalue weighted by molar-refractivity contribution is -0.121. The SMILES string of the molecule is CN=C(NCCOc1ccc(C)cc1)N1CCC(CC(=O)NC)CC1.I. The predicted octanol–water partition coefficient (Wildman–Crippen LogP) is 2.42. The fraction of sp³-hybridized carbons (Fsp3) is 0.579. The van der Waals surface area contributed by atoms with Crippen molar-refractivity contribution in [3.8, 4) is 5.75 Å². The van der Waals surface area contributed by atoms with Crippen molar-refractivity contribution in [3.05, 3.63) is 29.8 Å². The quantitative estimate of drug-likeness (QED) is 0.288. The van der Waals surface area contributed by atoms with Gasteiger partial charge in [0, 0.05) is 33.6 Å². The molecule has 0 aromatic heterocycles. The lowest BCUT2D eigenvalue weighted by atomic mass is 9.93. The molecule has 2 rings (SSSR count). The number of nitrogens with one attached hydrogen (secondary N) is 2. The van der Waals surface area contributed by atoms with Crippen molar-refractivity contribution in [2.45, 2.75) is 26.2 Å². The van der Waals surface area contributed by atoms with Crippen LogP contribution in [0.25, 0.3) is 0 Å². The smallest absolute Gasteiger partial charge is 0.220 e. The van der Waals surface area contributed by atoms with Gasteiger partial charge in [-0.15, -0.1) is 24.0 Å². The molecule has 26 heavy (non-hydrogen) atoms. The maximum Gasteiger partial charge on any atom is 0.220 e. The molecule has 1 aliphatic heterocycles. The summed E-state index contributed by atoms with van der Waals surface area (Å²) < 4.78 is 5.74. The second-order valence-electron chi connectivity index (χ2n) is 6.44. The molecule has 7 heteroatoms. The first-order chi connectivity index (χ1) is 12.1. The maximum absolute atomic E-state index is 11.5. The number of nitrogens with zero attached hydrogens (tertiary/aromatic N) is 2. The third-order valence-corrected chi connectivity index (χ3v) is 4.55. The number of benzene rings is 1. The van der Waals surface area contributed by atoms with E-state index in [0.29, 0.717) is 25.5 Å². The van der Waals surface area contributed by atoms with Crippen LogP contribution in [-0.2, 0) is 4.79 Å². The minimum absolute atomic E-state index is 0. The zero-order chi connectivity index (χ0) is 18.1. The van der Waals surface area contributed by atoms with Gasteiger partial charge in [-0.3, -0.25) is 9.79 Å². The summed E-state index contributed by atoms with van der Waals surface area (Å²) in [5.41, 5.74) is 1.23. The topological polar surface area (TPSA) is 66.0 Å². The van der Waals surface area contributed by atoms with Crippen molar-refractivity contribution >= 4 is 35.8 Å². The van der Waals surface area contributed by atoms with Gasteiger partial charge in [0.2, 0.25) is 5.91 Å². The van der Waals surface area contributed by atoms with Crippen LogP contribution < -0.4 is 15.4 Å². The molecule has 1 heterocycles. The summed E-state index contributed by atoms with van der Waals surface area (Å²) in [4.78, 5) is 18.1. The minimum atomic E-state index is 0. The van der Waals surface area contributed by atoms with Crippen molar-refractivity contribution in [2.75, 3.05) is 40.3 Å². The molecule has 1 aliphatic rings. The van der Waals surface area contributed by atoms with Crippen LogP contribution >= 0.6 is 24.0 Å². The fourth-order valence-electron chi connectivity index (χ4n) is 3.01. The van der Waals surface area contributed by atoms with Crippen LogP contribution in [0.2, 0.25) is 0 Å². The van der Waals surface area contributed by atoms with E-state index in [1.165, 1.54) is 5.56 Å². The Labute approximate surface area is 173 Å². The van der Waals surface area contributed by atoms with Gasteiger partial charge in [-0.05, 0) is 37.8 Å². The molecule has 1 amide bonds. The van der Waals surface area contributed by atoms with Crippen molar-refractivity contribution in [2.24, 2.45) is 10.9 Å². The van der Waals surface area contributed by atoms with E-state index < -0.39 is 0 Å². The summed E-state index contributed by atoms with van der Waals surface area (Å²) in [5.74, 6) is 2.40. The first kappa shape index (κ1) is 22.5. The number of halogens is 1. The average molecular weight is 474 g/mol. The third-order valence-electron chi connectivity index (χ3n) is 4.55. The van der Waals surface area contributed by atoms with Gasteiger partial charge in [-0.25, -0.2) is 0 Å². The van der Waals surface area contributed by atoms with E-state index >= 15 is 0 Å². The van der Waals surface area contributed by atoms with E-state index in [9.17, 15) is 4.79 Å². The fourth-order valence-corrected chi connectivity index (χ4v) is 3.01. The number of aliphatic imine (C=N–C) groups is 1. The monoisotopic (exact) mass is 474 g/mol. The molecule has 1 aromatic carbocycles. The number of hydrogen-bond acceptors (Lipinski definition) is 3. The number of guanidine groups is 1. The van der Waals surface area contributed by atoms with Crippen LogP contribution in [0.5, 0.6) is 5.75 Å². The van der Waals surface area contributed by atoms with Gasteiger partial charge in [0.25, 0.3) is 0 Å². The van der Waals surface area contributed by atoms with Crippen LogP contribution in [0.1, 0.15) is 24.8 Å². The first-order valence-corrected chi connectivity index (χ1v) is 8.98. The summed E-state index contributed by atoms with van der Waals surface area (Å²) in [6, 6.07) is 8.07. The van der Waals surface area contributed by atoms with Crippen LogP contribution in [0, 0.1) is 12.8 Å². The highest BCUT2D eigenvalue weighted by Gasteiger charge is 2.22. The number of rotatable bonds is 6. The van der Waals surface area contributed by atoms with Crippen molar-refractivity contribution in [1.29, 1.82) is 0 Å². The van der Waals surface area contributed by atoms with Crippen LogP contribution in [0.4, 0.5) is 0 Å². The van der Waals surface area contributed by atoms with E-state index in [-0.39, 0.29) is 29.9 Å². The molecule has 2 N–H and O–H groups in total. The van der Waals surface area contributed by atoms with Gasteiger partial charge in [0.15, 0.2) is 5.96 Å². The molecule has 0 unspecified atom stereocenters. The van der Waals surface area contributed by atoms with Crippen LogP contribution in [-0.4, -0.2) is 57.1 Å². The lowest BCUT2D eigenvalue weighted by Gasteiger charge is -2.34. The highest BCUT2D eigenvalue weighted by molar-refractivity contribution is 14.0. The molecule has 0 aliphatic carbocycles. The zero-order valence-corrected chi connectivity index (χ0v) is 18.3. The summed E-state index contributed by atoms with van der Waals surface area (Å²) in [6.45, 7) is 5.22. The molecule has 0 atom stereocenters. The summed E-state index contributed by atoms with van der Waals surface area (Å²) >= 11 is 0. The van der Waals surface area contributed by atoms with E-state index in [2.05, 4.69) is 27.4 Å². The van der Waals surface area contributed by atoms with Gasteiger partial charge in [-0.1, -0.05) is 17.7 Å². The molecule has 1 saturated heterocycles. The van der Waals surface area contributed by atoms with Crippen molar-refractivity contribution in [3.63, 3.8) is 0 Å². The number of carbonyl (C=O) groups excluding carboxylic acids is 1. The van der Waals surface area contributed by atoms with E-state index in [0.717, 1.165) is 37.6 Å². The molecular weight excluding hydrogens is 443 g/mol. The second kappa shape index (κ2) is 12.0. The Morgan fingerprint density at radius 3 is 2.50 bits per heavy atom. The number of likely N-dealkylation sites (tertiary alicyclic amines) is 1. The van der Waals surface area contributed by atoms with Crippen LogP contribution in [0.3, 0.4) is 0 Å². The normalized spacial score (nSPS) is 15.2. The van der Waals surface area contributed by atoms with Gasteiger partial charge in [0.1, 0.15) is 12.4 Å². The van der Waals surface area contributed by atoms with Crippen LogP contribution in [0.15, 0.2) is 29.3 Å². The largest absolute Gasteiger partial charge is 0.492 e. The zero-order valence-electron chi connectivity index (χ0n) is 16.0. The Kier molecular flexibility index (Phi) is 10.4. The Hall–Kier alpha value is -1.51. The molecule has 1 aromatic rings. The predicted molar refractivity (Wildman–Crippen MR) is 116 cm³/mol. The first-order valence-electron chi connectivity index (χ1n) is 8.98. The summed E-state index contributed by atoms with van der Waals surface area (Å²) in [7, 11) is 3.50. The number of amides is 1. The maximum atomic E-state index is 11.5. The number of carbonyl (C=O) groups is 1. The Bertz CT molecular complexity index is 569. The van der Waals surface area contributed by atoms with Crippen molar-refractivity contribution in [1.82, 2.24) is 15.5 Å². The Balaban J connectivity index is 0.00000338. The number of hydrogen-bond donors (Lipinski definition) is 2. The van der Waals surface area contributed by atoms with Gasteiger partial charge in [-0.2, -0.15) is 0 Å². The Morgan fingerprint density at radius 2 is 1.92 bits per heavy atom. The molecule has 0 bridgehead atoms. The van der Waals surface area contributed by atoms with Gasteiger partial charge < -0.3 is 20.3 Å². The lowest BCUT2D eigenvalue weighted by Crippen LogP contribution is -2.46. The average Bonchev–Trinajstić information content (AvgIpc) is 2.64. The second-order valence-corrected chi connectivity index (χ2v) is 6.44. The molecule has 1 fully saturated rings. The highest BCUT2D eigenvalue weighted by atomic mass is 127.